The Kier molecular flexibility index (Phi) is 4.87. The monoisotopic (exact) mass is 307 g/mol. The van der Waals surface area contributed by atoms with Crippen LogP contribution < -0.4 is 0 Å². The summed E-state index contributed by atoms with van der Waals surface area (Å²) >= 11 is 0. The van der Waals surface area contributed by atoms with Gasteiger partial charge in [0.2, 0.25) is 0 Å². The maximum atomic E-state index is 2.66. The molecular formula is C22H29N. The highest BCUT2D eigenvalue weighted by Crippen LogP contribution is 2.35. The molecule has 1 heterocycles. The number of hydrogen-bond acceptors (Lipinski definition) is 1. The predicted octanol–water partition coefficient (Wildman–Crippen LogP) is 5.41. The second-order valence-electron chi connectivity index (χ2n) is 7.56. The molecule has 1 atom stereocenters. The van der Waals surface area contributed by atoms with E-state index in [1.54, 1.807) is 0 Å². The van der Waals surface area contributed by atoms with Crippen molar-refractivity contribution < 1.29 is 0 Å². The summed E-state index contributed by atoms with van der Waals surface area (Å²) in [5.74, 6) is 1.28. The van der Waals surface area contributed by atoms with Gasteiger partial charge in [-0.2, -0.15) is 0 Å². The van der Waals surface area contributed by atoms with Crippen LogP contribution in [0.2, 0.25) is 0 Å². The van der Waals surface area contributed by atoms with Crippen molar-refractivity contribution in [3.8, 4) is 0 Å². The van der Waals surface area contributed by atoms with Gasteiger partial charge in [0.1, 0.15) is 0 Å². The average molecular weight is 307 g/mol. The molecule has 0 aliphatic carbocycles. The fourth-order valence-corrected chi connectivity index (χ4v) is 3.74. The van der Waals surface area contributed by atoms with E-state index < -0.39 is 0 Å². The van der Waals surface area contributed by atoms with Crippen LogP contribution >= 0.6 is 0 Å². The number of fused-ring (bicyclic) bond motifs is 1. The van der Waals surface area contributed by atoms with E-state index in [0.29, 0.717) is 17.9 Å². The van der Waals surface area contributed by atoms with Gasteiger partial charge in [-0.1, -0.05) is 76.2 Å². The molecule has 122 valence electrons. The molecule has 0 amide bonds. The SMILES string of the molecule is CC(C)CN1CCc2ccccc2C1c1ccc(C(C)C)cc1. The summed E-state index contributed by atoms with van der Waals surface area (Å²) < 4.78 is 0. The second-order valence-corrected chi connectivity index (χ2v) is 7.56. The molecule has 0 saturated heterocycles. The Morgan fingerprint density at radius 3 is 2.30 bits per heavy atom. The summed E-state index contributed by atoms with van der Waals surface area (Å²) in [6.07, 6.45) is 1.17. The lowest BCUT2D eigenvalue weighted by Crippen LogP contribution is -2.38. The molecule has 0 bridgehead atoms. The number of benzene rings is 2. The minimum Gasteiger partial charge on any atom is -0.292 e. The molecule has 0 fully saturated rings. The Hall–Kier alpha value is -1.60. The van der Waals surface area contributed by atoms with Crippen LogP contribution in [-0.2, 0) is 6.42 Å². The van der Waals surface area contributed by atoms with Crippen LogP contribution in [0.5, 0.6) is 0 Å². The number of nitrogens with zero attached hydrogens (tertiary/aromatic N) is 1. The summed E-state index contributed by atoms with van der Waals surface area (Å²) in [5.41, 5.74) is 5.87. The van der Waals surface area contributed by atoms with Crippen LogP contribution in [0.1, 0.15) is 61.9 Å². The van der Waals surface area contributed by atoms with E-state index >= 15 is 0 Å². The Bertz CT molecular complexity index is 639. The summed E-state index contributed by atoms with van der Waals surface area (Å²) in [6, 6.07) is 18.7. The van der Waals surface area contributed by atoms with Crippen molar-refractivity contribution in [3.05, 3.63) is 70.8 Å². The van der Waals surface area contributed by atoms with E-state index in [1.807, 2.05) is 0 Å². The Morgan fingerprint density at radius 1 is 0.957 bits per heavy atom. The van der Waals surface area contributed by atoms with Gasteiger partial charge in [0.15, 0.2) is 0 Å². The average Bonchev–Trinajstić information content (AvgIpc) is 2.54. The van der Waals surface area contributed by atoms with E-state index in [1.165, 1.54) is 28.7 Å². The highest BCUT2D eigenvalue weighted by atomic mass is 15.2. The molecule has 2 aromatic rings. The van der Waals surface area contributed by atoms with E-state index in [2.05, 4.69) is 81.1 Å². The third-order valence-electron chi connectivity index (χ3n) is 4.90. The summed E-state index contributed by atoms with van der Waals surface area (Å²) in [4.78, 5) is 2.66. The van der Waals surface area contributed by atoms with Gasteiger partial charge in [0.05, 0.1) is 6.04 Å². The minimum atomic E-state index is 0.406. The molecule has 0 aromatic heterocycles. The topological polar surface area (TPSA) is 3.24 Å². The van der Waals surface area contributed by atoms with Gasteiger partial charge in [0, 0.05) is 13.1 Å². The second kappa shape index (κ2) is 6.88. The van der Waals surface area contributed by atoms with Gasteiger partial charge in [-0.15, -0.1) is 0 Å². The molecule has 23 heavy (non-hydrogen) atoms. The third kappa shape index (κ3) is 3.50. The molecule has 0 N–H and O–H groups in total. The first kappa shape index (κ1) is 16.3. The normalized spacial score (nSPS) is 18.4. The zero-order valence-electron chi connectivity index (χ0n) is 14.9. The lowest BCUT2D eigenvalue weighted by Gasteiger charge is -2.38. The number of hydrogen-bond donors (Lipinski definition) is 0. The molecule has 2 aromatic carbocycles. The van der Waals surface area contributed by atoms with Crippen LogP contribution in [0, 0.1) is 5.92 Å². The third-order valence-corrected chi connectivity index (χ3v) is 4.90. The molecule has 1 unspecified atom stereocenters. The van der Waals surface area contributed by atoms with Crippen molar-refractivity contribution in [1.82, 2.24) is 4.90 Å². The van der Waals surface area contributed by atoms with Gasteiger partial charge in [-0.05, 0) is 40.5 Å². The van der Waals surface area contributed by atoms with Gasteiger partial charge >= 0.3 is 0 Å². The quantitative estimate of drug-likeness (QED) is 0.729. The van der Waals surface area contributed by atoms with Crippen LogP contribution in [0.15, 0.2) is 48.5 Å². The molecule has 1 aliphatic rings. The molecular weight excluding hydrogens is 278 g/mol. The van der Waals surface area contributed by atoms with E-state index in [-0.39, 0.29) is 0 Å². The first-order valence-corrected chi connectivity index (χ1v) is 8.98. The fraction of sp³-hybridized carbons (Fsp3) is 0.455. The lowest BCUT2D eigenvalue weighted by molar-refractivity contribution is 0.190. The molecule has 1 heteroatoms. The molecule has 1 nitrogen and oxygen atoms in total. The number of rotatable bonds is 4. The van der Waals surface area contributed by atoms with Gasteiger partial charge in [0.25, 0.3) is 0 Å². The lowest BCUT2D eigenvalue weighted by atomic mass is 9.87. The zero-order valence-corrected chi connectivity index (χ0v) is 14.9. The summed E-state index contributed by atoms with van der Waals surface area (Å²) in [6.45, 7) is 11.5. The van der Waals surface area contributed by atoms with Crippen molar-refractivity contribution in [3.63, 3.8) is 0 Å². The van der Waals surface area contributed by atoms with Crippen LogP contribution in [0.25, 0.3) is 0 Å². The van der Waals surface area contributed by atoms with E-state index in [9.17, 15) is 0 Å². The van der Waals surface area contributed by atoms with Crippen molar-refractivity contribution in [1.29, 1.82) is 0 Å². The standard InChI is InChI=1S/C22H29N/c1-16(2)15-23-14-13-19-7-5-6-8-21(19)22(23)20-11-9-18(10-12-20)17(3)4/h5-12,16-17,22H,13-15H2,1-4H3. The highest BCUT2D eigenvalue weighted by Gasteiger charge is 2.28. The maximum absolute atomic E-state index is 2.66. The van der Waals surface area contributed by atoms with E-state index in [0.717, 1.165) is 13.1 Å². The van der Waals surface area contributed by atoms with Crippen LogP contribution in [-0.4, -0.2) is 18.0 Å². The Balaban J connectivity index is 1.99. The molecule has 0 saturated carbocycles. The minimum absolute atomic E-state index is 0.406. The summed E-state index contributed by atoms with van der Waals surface area (Å²) in [7, 11) is 0. The molecule has 1 aliphatic heterocycles. The maximum Gasteiger partial charge on any atom is 0.0604 e. The summed E-state index contributed by atoms with van der Waals surface area (Å²) in [5, 5.41) is 0. The smallest absolute Gasteiger partial charge is 0.0604 e. The van der Waals surface area contributed by atoms with Crippen molar-refractivity contribution in [2.24, 2.45) is 5.92 Å². The zero-order chi connectivity index (χ0) is 16.4. The first-order valence-electron chi connectivity index (χ1n) is 8.98. The van der Waals surface area contributed by atoms with Crippen LogP contribution in [0.4, 0.5) is 0 Å². The molecule has 0 radical (unpaired) electrons. The Labute approximate surface area is 141 Å². The Morgan fingerprint density at radius 2 is 1.65 bits per heavy atom. The van der Waals surface area contributed by atoms with Crippen molar-refractivity contribution >= 4 is 0 Å². The van der Waals surface area contributed by atoms with Gasteiger partial charge in [-0.3, -0.25) is 4.90 Å². The van der Waals surface area contributed by atoms with Gasteiger partial charge in [-0.25, -0.2) is 0 Å². The predicted molar refractivity (Wildman–Crippen MR) is 98.9 cm³/mol. The highest BCUT2D eigenvalue weighted by molar-refractivity contribution is 5.40. The van der Waals surface area contributed by atoms with Crippen molar-refractivity contribution in [2.45, 2.75) is 46.1 Å². The fourth-order valence-electron chi connectivity index (χ4n) is 3.74. The molecule has 3 rings (SSSR count). The molecule has 0 spiro atoms. The van der Waals surface area contributed by atoms with Crippen molar-refractivity contribution in [2.75, 3.05) is 13.1 Å². The first-order chi connectivity index (χ1) is 11.1. The largest absolute Gasteiger partial charge is 0.292 e. The van der Waals surface area contributed by atoms with Gasteiger partial charge < -0.3 is 0 Å². The van der Waals surface area contributed by atoms with E-state index in [4.69, 9.17) is 0 Å². The van der Waals surface area contributed by atoms with Crippen LogP contribution in [0.3, 0.4) is 0 Å².